The maximum absolute atomic E-state index is 12.4. The van der Waals surface area contributed by atoms with E-state index in [9.17, 15) is 4.79 Å². The fourth-order valence-corrected chi connectivity index (χ4v) is 2.83. The molecular formula is C17H17NO. The summed E-state index contributed by atoms with van der Waals surface area (Å²) in [5, 5.41) is 0. The van der Waals surface area contributed by atoms with Gasteiger partial charge in [-0.3, -0.25) is 9.78 Å². The van der Waals surface area contributed by atoms with E-state index in [-0.39, 0.29) is 5.92 Å². The Morgan fingerprint density at radius 2 is 1.89 bits per heavy atom. The second kappa shape index (κ2) is 5.35. The molecule has 1 atom stereocenters. The summed E-state index contributed by atoms with van der Waals surface area (Å²) in [7, 11) is 0. The van der Waals surface area contributed by atoms with E-state index in [1.807, 2.05) is 42.7 Å². The first-order valence-corrected chi connectivity index (χ1v) is 6.85. The molecule has 0 radical (unpaired) electrons. The summed E-state index contributed by atoms with van der Waals surface area (Å²) in [4.78, 5) is 16.4. The molecule has 96 valence electrons. The topological polar surface area (TPSA) is 30.0 Å². The molecule has 0 bridgehead atoms. The number of hydrogen-bond acceptors (Lipinski definition) is 2. The van der Waals surface area contributed by atoms with Crippen molar-refractivity contribution in [1.82, 2.24) is 4.98 Å². The lowest BCUT2D eigenvalue weighted by Crippen LogP contribution is -2.23. The number of carbonyl (C=O) groups excluding carboxylic acids is 1. The van der Waals surface area contributed by atoms with Gasteiger partial charge in [-0.15, -0.1) is 0 Å². The highest BCUT2D eigenvalue weighted by Crippen LogP contribution is 2.28. The minimum Gasteiger partial charge on any atom is -0.294 e. The fourth-order valence-electron chi connectivity index (χ4n) is 2.83. The number of carbonyl (C=O) groups is 1. The Kier molecular flexibility index (Phi) is 3.41. The predicted molar refractivity (Wildman–Crippen MR) is 75.1 cm³/mol. The monoisotopic (exact) mass is 251 g/mol. The second-order valence-corrected chi connectivity index (χ2v) is 5.15. The summed E-state index contributed by atoms with van der Waals surface area (Å²) in [5.41, 5.74) is 3.42. The van der Waals surface area contributed by atoms with Gasteiger partial charge in [-0.05, 0) is 48.9 Å². The van der Waals surface area contributed by atoms with Crippen LogP contribution in [-0.2, 0) is 12.8 Å². The molecule has 2 heteroatoms. The van der Waals surface area contributed by atoms with Gasteiger partial charge in [0.2, 0.25) is 0 Å². The van der Waals surface area contributed by atoms with Gasteiger partial charge in [-0.1, -0.05) is 24.3 Å². The van der Waals surface area contributed by atoms with Gasteiger partial charge in [0.05, 0.1) is 0 Å². The summed E-state index contributed by atoms with van der Waals surface area (Å²) >= 11 is 0. The first-order chi connectivity index (χ1) is 9.34. The van der Waals surface area contributed by atoms with Gasteiger partial charge in [0.15, 0.2) is 5.78 Å². The lowest BCUT2D eigenvalue weighted by Gasteiger charge is -2.23. The van der Waals surface area contributed by atoms with Gasteiger partial charge >= 0.3 is 0 Å². The Labute approximate surface area is 113 Å². The van der Waals surface area contributed by atoms with Crippen LogP contribution in [0, 0.1) is 5.92 Å². The molecule has 0 spiro atoms. The van der Waals surface area contributed by atoms with Crippen LogP contribution in [0.2, 0.25) is 0 Å². The highest BCUT2D eigenvalue weighted by atomic mass is 16.1. The molecule has 1 heterocycles. The van der Waals surface area contributed by atoms with Gasteiger partial charge in [0.25, 0.3) is 0 Å². The number of Topliss-reactive ketones (excluding diaryl/α,β-unsaturated/α-hetero) is 1. The first-order valence-electron chi connectivity index (χ1n) is 6.85. The third-order valence-electron chi connectivity index (χ3n) is 3.95. The number of benzene rings is 1. The number of aromatic nitrogens is 1. The summed E-state index contributed by atoms with van der Waals surface area (Å²) in [5.74, 6) is 0.513. The smallest absolute Gasteiger partial charge is 0.166 e. The first kappa shape index (κ1) is 12.1. The molecule has 1 aromatic heterocycles. The molecule has 1 aliphatic rings. The number of aryl methyl sites for hydroxylation is 2. The Hall–Kier alpha value is -1.96. The van der Waals surface area contributed by atoms with Crippen molar-refractivity contribution >= 4 is 5.78 Å². The second-order valence-electron chi connectivity index (χ2n) is 5.15. The largest absolute Gasteiger partial charge is 0.294 e. The van der Waals surface area contributed by atoms with E-state index in [1.54, 1.807) is 0 Å². The molecule has 0 N–H and O–H groups in total. The van der Waals surface area contributed by atoms with Crippen molar-refractivity contribution in [2.75, 3.05) is 0 Å². The van der Waals surface area contributed by atoms with Crippen LogP contribution in [0.3, 0.4) is 0 Å². The number of fused-ring (bicyclic) bond motifs is 1. The zero-order valence-corrected chi connectivity index (χ0v) is 10.9. The van der Waals surface area contributed by atoms with E-state index in [2.05, 4.69) is 11.1 Å². The molecule has 1 aliphatic carbocycles. The molecule has 0 aliphatic heterocycles. The van der Waals surface area contributed by atoms with Crippen LogP contribution < -0.4 is 0 Å². The summed E-state index contributed by atoms with van der Waals surface area (Å²) < 4.78 is 0. The molecule has 0 fully saturated rings. The zero-order valence-electron chi connectivity index (χ0n) is 10.9. The van der Waals surface area contributed by atoms with Gasteiger partial charge < -0.3 is 0 Å². The van der Waals surface area contributed by atoms with Crippen LogP contribution in [0.1, 0.15) is 34.3 Å². The van der Waals surface area contributed by atoms with Gasteiger partial charge in [-0.25, -0.2) is 0 Å². The van der Waals surface area contributed by atoms with E-state index in [4.69, 9.17) is 0 Å². The number of hydrogen-bond donors (Lipinski definition) is 0. The minimum absolute atomic E-state index is 0.183. The third-order valence-corrected chi connectivity index (χ3v) is 3.95. The highest BCUT2D eigenvalue weighted by molar-refractivity contribution is 6.00. The van der Waals surface area contributed by atoms with Crippen molar-refractivity contribution in [1.29, 1.82) is 0 Å². The SMILES string of the molecule is O=C1c2ccccc2CC[C@H]1CCc1ccncc1. The number of rotatable bonds is 3. The van der Waals surface area contributed by atoms with E-state index < -0.39 is 0 Å². The Bertz CT molecular complexity index is 577. The van der Waals surface area contributed by atoms with Crippen molar-refractivity contribution in [3.8, 4) is 0 Å². The van der Waals surface area contributed by atoms with Crippen molar-refractivity contribution < 1.29 is 4.79 Å². The Morgan fingerprint density at radius 1 is 1.11 bits per heavy atom. The maximum atomic E-state index is 12.4. The average molecular weight is 251 g/mol. The van der Waals surface area contributed by atoms with Crippen LogP contribution in [-0.4, -0.2) is 10.8 Å². The van der Waals surface area contributed by atoms with E-state index in [1.165, 1.54) is 11.1 Å². The van der Waals surface area contributed by atoms with Gasteiger partial charge in [-0.2, -0.15) is 0 Å². The number of ketones is 1. The highest BCUT2D eigenvalue weighted by Gasteiger charge is 2.26. The van der Waals surface area contributed by atoms with Crippen LogP contribution >= 0.6 is 0 Å². The predicted octanol–water partition coefficient (Wildman–Crippen LogP) is 3.46. The molecule has 1 aromatic carbocycles. The molecule has 2 nitrogen and oxygen atoms in total. The Balaban J connectivity index is 1.69. The molecule has 0 amide bonds. The van der Waals surface area contributed by atoms with Crippen molar-refractivity contribution in [2.24, 2.45) is 5.92 Å². The Morgan fingerprint density at radius 3 is 2.74 bits per heavy atom. The van der Waals surface area contributed by atoms with Gasteiger partial charge in [0, 0.05) is 23.9 Å². The van der Waals surface area contributed by atoms with Crippen molar-refractivity contribution in [2.45, 2.75) is 25.7 Å². The molecule has 19 heavy (non-hydrogen) atoms. The standard InChI is InChI=1S/C17H17NO/c19-17-15(6-5-13-9-11-18-12-10-13)8-7-14-3-1-2-4-16(14)17/h1-4,9-12,15H,5-8H2/t15-/m1/s1. The lowest BCUT2D eigenvalue weighted by molar-refractivity contribution is 0.0895. The normalized spacial score (nSPS) is 18.1. The van der Waals surface area contributed by atoms with Crippen molar-refractivity contribution in [3.63, 3.8) is 0 Å². The van der Waals surface area contributed by atoms with E-state index in [0.717, 1.165) is 31.2 Å². The van der Waals surface area contributed by atoms with Crippen molar-refractivity contribution in [3.05, 3.63) is 65.5 Å². The van der Waals surface area contributed by atoms with Crippen LogP contribution in [0.15, 0.2) is 48.8 Å². The summed E-state index contributed by atoms with van der Waals surface area (Å²) in [6, 6.07) is 12.1. The lowest BCUT2D eigenvalue weighted by atomic mass is 9.80. The average Bonchev–Trinajstić information content (AvgIpc) is 2.48. The van der Waals surface area contributed by atoms with Gasteiger partial charge in [0.1, 0.15) is 0 Å². The molecule has 0 unspecified atom stereocenters. The van der Waals surface area contributed by atoms with Crippen LogP contribution in [0.25, 0.3) is 0 Å². The summed E-state index contributed by atoms with van der Waals surface area (Å²) in [6.45, 7) is 0. The zero-order chi connectivity index (χ0) is 13.1. The maximum Gasteiger partial charge on any atom is 0.166 e. The fraction of sp³-hybridized carbons (Fsp3) is 0.294. The quantitative estimate of drug-likeness (QED) is 0.836. The van der Waals surface area contributed by atoms with Crippen LogP contribution in [0.4, 0.5) is 0 Å². The van der Waals surface area contributed by atoms with E-state index >= 15 is 0 Å². The summed E-state index contributed by atoms with van der Waals surface area (Å²) in [6.07, 6.45) is 7.54. The molecule has 3 rings (SSSR count). The number of nitrogens with zero attached hydrogens (tertiary/aromatic N) is 1. The third kappa shape index (κ3) is 2.58. The van der Waals surface area contributed by atoms with Crippen LogP contribution in [0.5, 0.6) is 0 Å². The molecule has 2 aromatic rings. The minimum atomic E-state index is 0.183. The van der Waals surface area contributed by atoms with E-state index in [0.29, 0.717) is 5.78 Å². The molecule has 0 saturated carbocycles. The molecule has 0 saturated heterocycles. The number of pyridine rings is 1. The molecular weight excluding hydrogens is 234 g/mol.